The van der Waals surface area contributed by atoms with E-state index in [0.717, 1.165) is 22.4 Å². The van der Waals surface area contributed by atoms with Crippen molar-refractivity contribution in [1.82, 2.24) is 0 Å². The van der Waals surface area contributed by atoms with E-state index in [0.29, 0.717) is 13.2 Å². The van der Waals surface area contributed by atoms with Crippen LogP contribution in [-0.2, 0) is 18.0 Å². The Morgan fingerprint density at radius 3 is 2.68 bits per heavy atom. The fourth-order valence-electron chi connectivity index (χ4n) is 1.91. The van der Waals surface area contributed by atoms with Gasteiger partial charge in [0.1, 0.15) is 5.75 Å². The Morgan fingerprint density at radius 1 is 1.05 bits per heavy atom. The summed E-state index contributed by atoms with van der Waals surface area (Å²) in [6, 6.07) is 16.0. The third kappa shape index (κ3) is 3.70. The van der Waals surface area contributed by atoms with E-state index >= 15 is 0 Å². The van der Waals surface area contributed by atoms with Gasteiger partial charge in [0.25, 0.3) is 0 Å². The second-order valence-corrected chi connectivity index (χ2v) is 4.25. The van der Waals surface area contributed by atoms with Gasteiger partial charge < -0.3 is 9.47 Å². The van der Waals surface area contributed by atoms with Gasteiger partial charge in [-0.1, -0.05) is 49.1 Å². The molecular weight excluding hydrogens is 236 g/mol. The summed E-state index contributed by atoms with van der Waals surface area (Å²) in [6.45, 7) is 4.96. The molecule has 98 valence electrons. The first-order valence-electron chi connectivity index (χ1n) is 6.24. The molecule has 0 unspecified atom stereocenters. The van der Waals surface area contributed by atoms with E-state index in [1.165, 1.54) is 0 Å². The summed E-state index contributed by atoms with van der Waals surface area (Å²) in [5.41, 5.74) is 3.38. The molecule has 0 aromatic heterocycles. The molecule has 0 aliphatic heterocycles. The highest BCUT2D eigenvalue weighted by Crippen LogP contribution is 2.15. The Kier molecular flexibility index (Phi) is 4.76. The van der Waals surface area contributed by atoms with Crippen LogP contribution in [0.3, 0.4) is 0 Å². The van der Waals surface area contributed by atoms with Crippen LogP contribution in [-0.4, -0.2) is 7.11 Å². The summed E-state index contributed by atoms with van der Waals surface area (Å²) in [7, 11) is 1.67. The summed E-state index contributed by atoms with van der Waals surface area (Å²) >= 11 is 0. The fourth-order valence-corrected chi connectivity index (χ4v) is 1.91. The van der Waals surface area contributed by atoms with E-state index < -0.39 is 0 Å². The maximum absolute atomic E-state index is 5.74. The first-order chi connectivity index (χ1) is 9.33. The molecule has 0 atom stereocenters. The van der Waals surface area contributed by atoms with Crippen molar-refractivity contribution in [3.63, 3.8) is 0 Å². The third-order valence-electron chi connectivity index (χ3n) is 2.94. The van der Waals surface area contributed by atoms with Crippen LogP contribution in [0.5, 0.6) is 5.75 Å². The molecule has 0 spiro atoms. The average Bonchev–Trinajstić information content (AvgIpc) is 2.48. The Bertz CT molecular complexity index is 546. The largest absolute Gasteiger partial charge is 0.497 e. The maximum Gasteiger partial charge on any atom is 0.119 e. The normalized spacial score (nSPS) is 10.2. The van der Waals surface area contributed by atoms with Gasteiger partial charge in [-0.05, 0) is 28.8 Å². The van der Waals surface area contributed by atoms with Crippen LogP contribution >= 0.6 is 0 Å². The van der Waals surface area contributed by atoms with Crippen LogP contribution in [0, 0.1) is 0 Å². The quantitative estimate of drug-likeness (QED) is 0.774. The molecule has 0 aliphatic rings. The third-order valence-corrected chi connectivity index (χ3v) is 2.94. The van der Waals surface area contributed by atoms with Crippen molar-refractivity contribution < 1.29 is 9.47 Å². The Hall–Kier alpha value is -2.06. The average molecular weight is 254 g/mol. The van der Waals surface area contributed by atoms with Crippen molar-refractivity contribution in [1.29, 1.82) is 0 Å². The maximum atomic E-state index is 5.74. The molecule has 0 amide bonds. The highest BCUT2D eigenvalue weighted by molar-refractivity contribution is 5.51. The smallest absolute Gasteiger partial charge is 0.119 e. The number of hydrogen-bond donors (Lipinski definition) is 0. The van der Waals surface area contributed by atoms with E-state index in [9.17, 15) is 0 Å². The second kappa shape index (κ2) is 6.76. The van der Waals surface area contributed by atoms with Crippen LogP contribution < -0.4 is 4.74 Å². The van der Waals surface area contributed by atoms with Crippen molar-refractivity contribution >= 4 is 6.08 Å². The minimum absolute atomic E-state index is 0.572. The van der Waals surface area contributed by atoms with E-state index in [-0.39, 0.29) is 0 Å². The van der Waals surface area contributed by atoms with Crippen molar-refractivity contribution in [3.8, 4) is 5.75 Å². The molecule has 0 aliphatic carbocycles. The van der Waals surface area contributed by atoms with Gasteiger partial charge in [-0.3, -0.25) is 0 Å². The molecule has 0 fully saturated rings. The molecule has 19 heavy (non-hydrogen) atoms. The summed E-state index contributed by atoms with van der Waals surface area (Å²) in [6.07, 6.45) is 1.85. The van der Waals surface area contributed by atoms with Crippen molar-refractivity contribution in [3.05, 3.63) is 71.8 Å². The van der Waals surface area contributed by atoms with Crippen LogP contribution in [0.1, 0.15) is 16.7 Å². The fraction of sp³-hybridized carbons (Fsp3) is 0.176. The van der Waals surface area contributed by atoms with Crippen molar-refractivity contribution in [2.45, 2.75) is 13.2 Å². The van der Waals surface area contributed by atoms with Gasteiger partial charge in [0.05, 0.1) is 20.3 Å². The molecule has 0 radical (unpaired) electrons. The predicted molar refractivity (Wildman–Crippen MR) is 78.0 cm³/mol. The van der Waals surface area contributed by atoms with Crippen LogP contribution in [0.2, 0.25) is 0 Å². The molecule has 2 nitrogen and oxygen atoms in total. The number of hydrogen-bond acceptors (Lipinski definition) is 2. The van der Waals surface area contributed by atoms with Gasteiger partial charge in [-0.15, -0.1) is 0 Å². The van der Waals surface area contributed by atoms with Gasteiger partial charge in [-0.25, -0.2) is 0 Å². The minimum Gasteiger partial charge on any atom is -0.497 e. The van der Waals surface area contributed by atoms with Crippen molar-refractivity contribution in [2.24, 2.45) is 0 Å². The van der Waals surface area contributed by atoms with Crippen LogP contribution in [0.25, 0.3) is 6.08 Å². The monoisotopic (exact) mass is 254 g/mol. The molecule has 0 heterocycles. The highest BCUT2D eigenvalue weighted by Gasteiger charge is 2.00. The number of rotatable bonds is 6. The summed E-state index contributed by atoms with van der Waals surface area (Å²) in [5.74, 6) is 0.854. The Labute approximate surface area is 114 Å². The van der Waals surface area contributed by atoms with Gasteiger partial charge in [0.2, 0.25) is 0 Å². The van der Waals surface area contributed by atoms with Gasteiger partial charge in [0.15, 0.2) is 0 Å². The highest BCUT2D eigenvalue weighted by atomic mass is 16.5. The first-order valence-corrected chi connectivity index (χ1v) is 6.24. The lowest BCUT2D eigenvalue weighted by atomic mass is 10.1. The molecule has 0 bridgehead atoms. The van der Waals surface area contributed by atoms with Gasteiger partial charge in [-0.2, -0.15) is 0 Å². The zero-order chi connectivity index (χ0) is 13.5. The van der Waals surface area contributed by atoms with Gasteiger partial charge in [0, 0.05) is 0 Å². The number of benzene rings is 2. The van der Waals surface area contributed by atoms with Crippen molar-refractivity contribution in [2.75, 3.05) is 7.11 Å². The van der Waals surface area contributed by atoms with E-state index in [1.54, 1.807) is 7.11 Å². The lowest BCUT2D eigenvalue weighted by molar-refractivity contribution is 0.107. The summed E-state index contributed by atoms with van der Waals surface area (Å²) in [5, 5.41) is 0. The molecule has 0 N–H and O–H groups in total. The van der Waals surface area contributed by atoms with Crippen LogP contribution in [0.4, 0.5) is 0 Å². The molecule has 0 saturated heterocycles. The topological polar surface area (TPSA) is 18.5 Å². The molecule has 2 aromatic rings. The number of methoxy groups -OCH3 is 1. The molecule has 0 saturated carbocycles. The zero-order valence-electron chi connectivity index (χ0n) is 11.1. The summed E-state index contributed by atoms with van der Waals surface area (Å²) < 4.78 is 10.9. The zero-order valence-corrected chi connectivity index (χ0v) is 11.1. The molecule has 2 rings (SSSR count). The molecule has 2 heteroatoms. The van der Waals surface area contributed by atoms with E-state index in [1.807, 2.05) is 48.5 Å². The van der Waals surface area contributed by atoms with Gasteiger partial charge >= 0.3 is 0 Å². The van der Waals surface area contributed by atoms with Crippen LogP contribution in [0.15, 0.2) is 55.1 Å². The number of ether oxygens (including phenoxy) is 2. The predicted octanol–water partition coefficient (Wildman–Crippen LogP) is 4.06. The Morgan fingerprint density at radius 2 is 1.89 bits per heavy atom. The van der Waals surface area contributed by atoms with E-state index in [2.05, 4.69) is 12.6 Å². The lowest BCUT2D eigenvalue weighted by Gasteiger charge is -2.08. The minimum atomic E-state index is 0.572. The van der Waals surface area contributed by atoms with E-state index in [4.69, 9.17) is 9.47 Å². The summed E-state index contributed by atoms with van der Waals surface area (Å²) in [4.78, 5) is 0. The Balaban J connectivity index is 1.94. The first kappa shape index (κ1) is 13.4. The lowest BCUT2D eigenvalue weighted by Crippen LogP contribution is -1.96. The molecule has 2 aromatic carbocycles. The molecular formula is C17H18O2. The standard InChI is InChI=1S/C17H18O2/c1-3-15-8-4-5-9-16(15)13-19-12-14-7-6-10-17(11-14)18-2/h3-11H,1,12-13H2,2H3. The SMILES string of the molecule is C=Cc1ccccc1COCc1cccc(OC)c1. The second-order valence-electron chi connectivity index (χ2n) is 4.25.